The van der Waals surface area contributed by atoms with Gasteiger partial charge in [0.15, 0.2) is 0 Å². The number of carbonyl (C=O) groups excluding carboxylic acids is 4. The maximum absolute atomic E-state index is 13.0. The third-order valence-electron chi connectivity index (χ3n) is 7.16. The van der Waals surface area contributed by atoms with Crippen LogP contribution in [0.3, 0.4) is 0 Å². The molecule has 9 heteroatoms. The first-order valence-corrected chi connectivity index (χ1v) is 12.4. The Morgan fingerprint density at radius 3 is 2.54 bits per heavy atom. The topological polar surface area (TPSA) is 84.0 Å². The van der Waals surface area contributed by atoms with Crippen LogP contribution in [0.1, 0.15) is 32.6 Å². The summed E-state index contributed by atoms with van der Waals surface area (Å²) >= 11 is 12.3. The van der Waals surface area contributed by atoms with Crippen molar-refractivity contribution in [3.8, 4) is 5.75 Å². The molecule has 182 valence electrons. The number of ether oxygens (including phenoxy) is 1. The first kappa shape index (κ1) is 23.8. The van der Waals surface area contributed by atoms with Gasteiger partial charge in [-0.1, -0.05) is 42.3 Å². The second kappa shape index (κ2) is 9.28. The van der Waals surface area contributed by atoms with Crippen molar-refractivity contribution >= 4 is 58.3 Å². The molecule has 2 aromatic rings. The summed E-state index contributed by atoms with van der Waals surface area (Å²) in [5.41, 5.74) is 0.838. The molecule has 2 aromatic carbocycles. The van der Waals surface area contributed by atoms with Crippen LogP contribution in [0.5, 0.6) is 5.75 Å². The smallest absolute Gasteiger partial charge is 0.316 e. The van der Waals surface area contributed by atoms with Gasteiger partial charge >= 0.3 is 5.97 Å². The number of carbonyl (C=O) groups is 4. The fourth-order valence-electron chi connectivity index (χ4n) is 5.33. The lowest BCUT2D eigenvalue weighted by Crippen LogP contribution is -2.31. The van der Waals surface area contributed by atoms with E-state index in [1.54, 1.807) is 36.4 Å². The van der Waals surface area contributed by atoms with Crippen molar-refractivity contribution in [2.45, 2.75) is 32.6 Å². The number of amides is 3. The molecular formula is C26H24Cl2N2O5. The predicted molar refractivity (Wildman–Crippen MR) is 131 cm³/mol. The third kappa shape index (κ3) is 4.32. The fraction of sp³-hybridized carbons (Fsp3) is 0.385. The van der Waals surface area contributed by atoms with Crippen molar-refractivity contribution in [3.63, 3.8) is 0 Å². The Morgan fingerprint density at radius 1 is 1.00 bits per heavy atom. The van der Waals surface area contributed by atoms with E-state index in [4.69, 9.17) is 27.9 Å². The molecule has 0 aromatic heterocycles. The summed E-state index contributed by atoms with van der Waals surface area (Å²) in [5, 5.41) is 0.569. The van der Waals surface area contributed by atoms with Crippen LogP contribution in [0.25, 0.3) is 0 Å². The molecule has 2 heterocycles. The lowest BCUT2D eigenvalue weighted by Gasteiger charge is -2.25. The normalized spacial score (nSPS) is 26.3. The van der Waals surface area contributed by atoms with Gasteiger partial charge in [0.2, 0.25) is 17.7 Å². The molecule has 5 rings (SSSR count). The zero-order chi connectivity index (χ0) is 24.9. The molecule has 0 spiro atoms. The molecule has 0 N–H and O–H groups in total. The van der Waals surface area contributed by atoms with E-state index in [1.807, 2.05) is 0 Å². The van der Waals surface area contributed by atoms with Crippen LogP contribution in [0.2, 0.25) is 10.0 Å². The lowest BCUT2D eigenvalue weighted by atomic mass is 9.76. The number of rotatable bonds is 4. The van der Waals surface area contributed by atoms with Crippen molar-refractivity contribution in [2.75, 3.05) is 16.3 Å². The van der Waals surface area contributed by atoms with Gasteiger partial charge in [-0.3, -0.25) is 19.2 Å². The van der Waals surface area contributed by atoms with Gasteiger partial charge in [0.25, 0.3) is 0 Å². The standard InChI is InChI=1S/C26H24Cl2N2O5/c1-14-8-9-18-19(10-14)25(33)30(24(18)32)16-4-2-5-17(12-16)35-26(34)15-11-22(31)29(13-15)21-7-3-6-20(27)23(21)28/h2-7,12,14-15,18-19H,8-11,13H2,1H3/t14-,15-,18+,19-/m1/s1. The summed E-state index contributed by atoms with van der Waals surface area (Å²) in [7, 11) is 0. The van der Waals surface area contributed by atoms with Crippen LogP contribution in [0.15, 0.2) is 42.5 Å². The van der Waals surface area contributed by atoms with Crippen LogP contribution in [-0.4, -0.2) is 30.2 Å². The van der Waals surface area contributed by atoms with Crippen molar-refractivity contribution in [3.05, 3.63) is 52.5 Å². The molecule has 2 saturated heterocycles. The summed E-state index contributed by atoms with van der Waals surface area (Å²) in [4.78, 5) is 54.2. The monoisotopic (exact) mass is 514 g/mol. The Bertz CT molecular complexity index is 1230. The van der Waals surface area contributed by atoms with Crippen LogP contribution < -0.4 is 14.5 Å². The molecule has 1 aliphatic carbocycles. The predicted octanol–water partition coefficient (Wildman–Crippen LogP) is 4.88. The minimum Gasteiger partial charge on any atom is -0.426 e. The molecule has 3 aliphatic rings. The molecule has 2 aliphatic heterocycles. The number of fused-ring (bicyclic) bond motifs is 1. The van der Waals surface area contributed by atoms with Gasteiger partial charge in [0.1, 0.15) is 5.75 Å². The van der Waals surface area contributed by atoms with Crippen molar-refractivity contribution in [2.24, 2.45) is 23.7 Å². The van der Waals surface area contributed by atoms with Gasteiger partial charge in [-0.15, -0.1) is 0 Å². The van der Waals surface area contributed by atoms with E-state index in [0.717, 1.165) is 6.42 Å². The van der Waals surface area contributed by atoms with Crippen molar-refractivity contribution < 1.29 is 23.9 Å². The van der Waals surface area contributed by atoms with E-state index in [2.05, 4.69) is 6.92 Å². The second-order valence-corrected chi connectivity index (χ2v) is 10.3. The number of nitrogens with zero attached hydrogens (tertiary/aromatic N) is 2. The average Bonchev–Trinajstić information content (AvgIpc) is 3.33. The maximum atomic E-state index is 13.0. The highest BCUT2D eigenvalue weighted by atomic mass is 35.5. The lowest BCUT2D eigenvalue weighted by molar-refractivity contribution is -0.139. The Morgan fingerprint density at radius 2 is 1.74 bits per heavy atom. The minimum atomic E-state index is -0.694. The van der Waals surface area contributed by atoms with E-state index in [-0.39, 0.29) is 53.3 Å². The summed E-state index contributed by atoms with van der Waals surface area (Å²) in [5.74, 6) is -1.84. The van der Waals surface area contributed by atoms with Crippen LogP contribution in [-0.2, 0) is 19.2 Å². The summed E-state index contributed by atoms with van der Waals surface area (Å²) in [6, 6.07) is 11.4. The first-order chi connectivity index (χ1) is 16.7. The van der Waals surface area contributed by atoms with Gasteiger partial charge in [-0.05, 0) is 49.4 Å². The first-order valence-electron chi connectivity index (χ1n) is 11.7. The molecule has 3 fully saturated rings. The van der Waals surface area contributed by atoms with Crippen LogP contribution in [0, 0.1) is 23.7 Å². The molecule has 4 atom stereocenters. The van der Waals surface area contributed by atoms with Gasteiger partial charge in [0.05, 0.1) is 39.2 Å². The zero-order valence-electron chi connectivity index (χ0n) is 19.1. The molecule has 0 unspecified atom stereocenters. The number of imide groups is 1. The molecule has 1 saturated carbocycles. The Labute approximate surface area is 212 Å². The highest BCUT2D eigenvalue weighted by Gasteiger charge is 2.50. The van der Waals surface area contributed by atoms with E-state index in [1.165, 1.54) is 15.9 Å². The largest absolute Gasteiger partial charge is 0.426 e. The second-order valence-electron chi connectivity index (χ2n) is 9.54. The fourth-order valence-corrected chi connectivity index (χ4v) is 5.73. The van der Waals surface area contributed by atoms with E-state index in [9.17, 15) is 19.2 Å². The van der Waals surface area contributed by atoms with Gasteiger partial charge in [0, 0.05) is 19.0 Å². The van der Waals surface area contributed by atoms with Crippen molar-refractivity contribution in [1.29, 1.82) is 0 Å². The zero-order valence-corrected chi connectivity index (χ0v) is 20.6. The number of esters is 1. The number of hydrogen-bond acceptors (Lipinski definition) is 5. The molecule has 35 heavy (non-hydrogen) atoms. The summed E-state index contributed by atoms with van der Waals surface area (Å²) in [6.07, 6.45) is 2.34. The van der Waals surface area contributed by atoms with E-state index < -0.39 is 11.9 Å². The minimum absolute atomic E-state index is 0.0218. The Kier molecular flexibility index (Phi) is 6.32. The average molecular weight is 515 g/mol. The Hall–Kier alpha value is -2.90. The number of halogens is 2. The summed E-state index contributed by atoms with van der Waals surface area (Å²) < 4.78 is 5.57. The molecule has 7 nitrogen and oxygen atoms in total. The van der Waals surface area contributed by atoms with Crippen LogP contribution >= 0.6 is 23.2 Å². The van der Waals surface area contributed by atoms with E-state index in [0.29, 0.717) is 35.2 Å². The van der Waals surface area contributed by atoms with Gasteiger partial charge in [-0.25, -0.2) is 4.90 Å². The maximum Gasteiger partial charge on any atom is 0.316 e. The van der Waals surface area contributed by atoms with Crippen LogP contribution in [0.4, 0.5) is 11.4 Å². The van der Waals surface area contributed by atoms with E-state index >= 15 is 0 Å². The highest BCUT2D eigenvalue weighted by molar-refractivity contribution is 6.44. The number of hydrogen-bond donors (Lipinski definition) is 0. The van der Waals surface area contributed by atoms with Gasteiger partial charge in [-0.2, -0.15) is 0 Å². The van der Waals surface area contributed by atoms with Crippen molar-refractivity contribution in [1.82, 2.24) is 0 Å². The van der Waals surface area contributed by atoms with Gasteiger partial charge < -0.3 is 9.64 Å². The number of benzene rings is 2. The molecule has 0 radical (unpaired) electrons. The highest BCUT2D eigenvalue weighted by Crippen LogP contribution is 2.42. The SMILES string of the molecule is C[C@@H]1CC[C@@H]2C(=O)N(c3cccc(OC(=O)[C@@H]4CC(=O)N(c5cccc(Cl)c5Cl)C4)c3)C(=O)[C@@H]2C1. The molecular weight excluding hydrogens is 491 g/mol. The summed E-state index contributed by atoms with van der Waals surface area (Å²) in [6.45, 7) is 2.22. The number of anilines is 2. The third-order valence-corrected chi connectivity index (χ3v) is 7.97. The molecule has 3 amide bonds. The Balaban J connectivity index is 1.30. The molecule has 0 bridgehead atoms. The quantitative estimate of drug-likeness (QED) is 0.330.